The minimum atomic E-state index is -0.386. The van der Waals surface area contributed by atoms with Crippen LogP contribution in [0, 0.1) is 18.7 Å². The van der Waals surface area contributed by atoms with Crippen LogP contribution in [0.15, 0.2) is 48.5 Å². The van der Waals surface area contributed by atoms with Gasteiger partial charge in [-0.25, -0.2) is 4.39 Å². The van der Waals surface area contributed by atoms with Crippen LogP contribution >= 0.6 is 0 Å². The van der Waals surface area contributed by atoms with Crippen molar-refractivity contribution in [1.82, 2.24) is 9.80 Å². The predicted molar refractivity (Wildman–Crippen MR) is 106 cm³/mol. The van der Waals surface area contributed by atoms with Crippen molar-refractivity contribution in [3.05, 3.63) is 71.0 Å². The molecule has 5 nitrogen and oxygen atoms in total. The van der Waals surface area contributed by atoms with Gasteiger partial charge in [-0.2, -0.15) is 0 Å². The van der Waals surface area contributed by atoms with E-state index in [2.05, 4.69) is 0 Å². The van der Waals surface area contributed by atoms with Gasteiger partial charge in [-0.15, -0.1) is 0 Å². The highest BCUT2D eigenvalue weighted by Crippen LogP contribution is 2.22. The van der Waals surface area contributed by atoms with Crippen molar-refractivity contribution in [1.29, 1.82) is 0 Å². The number of hydrogen-bond acceptors (Lipinski definition) is 3. The molecule has 28 heavy (non-hydrogen) atoms. The van der Waals surface area contributed by atoms with Gasteiger partial charge >= 0.3 is 0 Å². The summed E-state index contributed by atoms with van der Waals surface area (Å²) in [5.41, 5.74) is 8.05. The van der Waals surface area contributed by atoms with Crippen LogP contribution in [0.4, 0.5) is 4.39 Å². The fourth-order valence-corrected chi connectivity index (χ4v) is 3.44. The van der Waals surface area contributed by atoms with Gasteiger partial charge in [0.1, 0.15) is 5.82 Å². The van der Waals surface area contributed by atoms with E-state index >= 15 is 0 Å². The summed E-state index contributed by atoms with van der Waals surface area (Å²) in [4.78, 5) is 28.9. The second-order valence-electron chi connectivity index (χ2n) is 7.31. The molecule has 2 N–H and O–H groups in total. The van der Waals surface area contributed by atoms with Gasteiger partial charge in [-0.3, -0.25) is 9.59 Å². The lowest BCUT2D eigenvalue weighted by molar-refractivity contribution is -0.137. The summed E-state index contributed by atoms with van der Waals surface area (Å²) in [5, 5.41) is 0. The van der Waals surface area contributed by atoms with Crippen LogP contribution in [0.1, 0.15) is 34.5 Å². The number of benzene rings is 2. The van der Waals surface area contributed by atoms with Crippen molar-refractivity contribution in [3.8, 4) is 0 Å². The van der Waals surface area contributed by atoms with Crippen molar-refractivity contribution in [3.63, 3.8) is 0 Å². The lowest BCUT2D eigenvalue weighted by Gasteiger charge is -2.37. The van der Waals surface area contributed by atoms with Crippen LogP contribution in [0.25, 0.3) is 0 Å². The van der Waals surface area contributed by atoms with Crippen molar-refractivity contribution >= 4 is 11.8 Å². The van der Waals surface area contributed by atoms with Crippen LogP contribution in [0.2, 0.25) is 0 Å². The van der Waals surface area contributed by atoms with Crippen LogP contribution in [0.5, 0.6) is 0 Å². The molecule has 2 aromatic carbocycles. The second kappa shape index (κ2) is 8.52. The summed E-state index contributed by atoms with van der Waals surface area (Å²) >= 11 is 0. The Morgan fingerprint density at radius 3 is 2.21 bits per heavy atom. The second-order valence-corrected chi connectivity index (χ2v) is 7.31. The molecule has 0 saturated carbocycles. The van der Waals surface area contributed by atoms with Crippen molar-refractivity contribution in [2.75, 3.05) is 26.2 Å². The first kappa shape index (κ1) is 20.0. The van der Waals surface area contributed by atoms with E-state index in [4.69, 9.17) is 5.73 Å². The summed E-state index contributed by atoms with van der Waals surface area (Å²) < 4.78 is 13.7. The van der Waals surface area contributed by atoms with E-state index in [1.807, 2.05) is 37.3 Å². The predicted octanol–water partition coefficient (Wildman–Crippen LogP) is 2.75. The molecule has 1 heterocycles. The third-order valence-corrected chi connectivity index (χ3v) is 5.41. The zero-order valence-corrected chi connectivity index (χ0v) is 16.3. The van der Waals surface area contributed by atoms with E-state index in [1.54, 1.807) is 28.9 Å². The van der Waals surface area contributed by atoms with Gasteiger partial charge in [-0.1, -0.05) is 43.3 Å². The van der Waals surface area contributed by atoms with E-state index in [-0.39, 0.29) is 29.6 Å². The van der Waals surface area contributed by atoms with Crippen LogP contribution in [-0.2, 0) is 4.79 Å². The lowest BCUT2D eigenvalue weighted by Crippen LogP contribution is -2.52. The molecule has 2 amide bonds. The Labute approximate surface area is 164 Å². The molecule has 1 aliphatic rings. The summed E-state index contributed by atoms with van der Waals surface area (Å²) in [6.07, 6.45) is 0. The van der Waals surface area contributed by atoms with E-state index in [0.717, 1.165) is 5.56 Å². The Bertz CT molecular complexity index is 848. The number of nitrogens with two attached hydrogens (primary N) is 1. The topological polar surface area (TPSA) is 66.6 Å². The van der Waals surface area contributed by atoms with Gasteiger partial charge in [0, 0.05) is 37.8 Å². The maximum absolute atomic E-state index is 13.7. The Kier molecular flexibility index (Phi) is 6.09. The van der Waals surface area contributed by atoms with Gasteiger partial charge in [0.25, 0.3) is 5.91 Å². The van der Waals surface area contributed by atoms with Crippen molar-refractivity contribution in [2.45, 2.75) is 19.9 Å². The van der Waals surface area contributed by atoms with Crippen LogP contribution in [-0.4, -0.2) is 47.8 Å². The summed E-state index contributed by atoms with van der Waals surface area (Å²) in [7, 11) is 0. The highest BCUT2D eigenvalue weighted by molar-refractivity contribution is 5.94. The molecule has 0 aromatic heterocycles. The van der Waals surface area contributed by atoms with Crippen molar-refractivity contribution < 1.29 is 14.0 Å². The molecule has 1 aliphatic heterocycles. The van der Waals surface area contributed by atoms with Crippen LogP contribution in [0.3, 0.4) is 0 Å². The zero-order valence-electron chi connectivity index (χ0n) is 16.3. The maximum atomic E-state index is 13.7. The van der Waals surface area contributed by atoms with Gasteiger partial charge in [0.15, 0.2) is 0 Å². The molecule has 0 aliphatic carbocycles. The van der Waals surface area contributed by atoms with E-state index in [0.29, 0.717) is 37.3 Å². The molecule has 6 heteroatoms. The van der Waals surface area contributed by atoms with Crippen LogP contribution < -0.4 is 5.73 Å². The maximum Gasteiger partial charge on any atom is 0.254 e. The number of halogens is 1. The average molecular weight is 383 g/mol. The molecular weight excluding hydrogens is 357 g/mol. The Balaban J connectivity index is 1.59. The highest BCUT2D eigenvalue weighted by Gasteiger charge is 2.30. The lowest BCUT2D eigenvalue weighted by atomic mass is 9.94. The largest absolute Gasteiger partial charge is 0.339 e. The SMILES string of the molecule is Cc1ccc(C(=O)N2CCN(C(=O)C(C)C(N)c3ccccc3)CC2)cc1F. The normalized spacial score (nSPS) is 16.6. The number of nitrogens with zero attached hydrogens (tertiary/aromatic N) is 2. The summed E-state index contributed by atoms with van der Waals surface area (Å²) in [6, 6.07) is 13.7. The molecule has 3 rings (SSSR count). The molecule has 2 aromatic rings. The number of amides is 2. The van der Waals surface area contributed by atoms with Gasteiger partial charge in [0.05, 0.1) is 5.92 Å². The van der Waals surface area contributed by atoms with Gasteiger partial charge in [0.2, 0.25) is 5.91 Å². The Hall–Kier alpha value is -2.73. The smallest absolute Gasteiger partial charge is 0.254 e. The molecule has 148 valence electrons. The number of rotatable bonds is 4. The zero-order chi connectivity index (χ0) is 20.3. The molecular formula is C22H26FN3O2. The minimum Gasteiger partial charge on any atom is -0.339 e. The van der Waals surface area contributed by atoms with Gasteiger partial charge in [-0.05, 0) is 30.2 Å². The number of carbonyl (C=O) groups excluding carboxylic acids is 2. The number of aryl methyl sites for hydroxylation is 1. The summed E-state index contributed by atoms with van der Waals surface area (Å²) in [5.74, 6) is -0.955. The third kappa shape index (κ3) is 4.22. The number of piperazine rings is 1. The van der Waals surface area contributed by atoms with E-state index in [9.17, 15) is 14.0 Å². The number of hydrogen-bond donors (Lipinski definition) is 1. The standard InChI is InChI=1S/C22H26FN3O2/c1-15-8-9-18(14-19(15)23)22(28)26-12-10-25(11-13-26)21(27)16(2)20(24)17-6-4-3-5-7-17/h3-9,14,16,20H,10-13,24H2,1-2H3. The molecule has 0 spiro atoms. The minimum absolute atomic E-state index is 0.00941. The van der Waals surface area contributed by atoms with Gasteiger partial charge < -0.3 is 15.5 Å². The molecule has 0 bridgehead atoms. The average Bonchev–Trinajstić information content (AvgIpc) is 2.74. The quantitative estimate of drug-likeness (QED) is 0.883. The molecule has 1 saturated heterocycles. The first-order valence-corrected chi connectivity index (χ1v) is 9.53. The summed E-state index contributed by atoms with van der Waals surface area (Å²) in [6.45, 7) is 5.25. The molecule has 2 atom stereocenters. The Morgan fingerprint density at radius 1 is 1.00 bits per heavy atom. The highest BCUT2D eigenvalue weighted by atomic mass is 19.1. The van der Waals surface area contributed by atoms with E-state index < -0.39 is 0 Å². The molecule has 0 radical (unpaired) electrons. The monoisotopic (exact) mass is 383 g/mol. The van der Waals surface area contributed by atoms with Crippen molar-refractivity contribution in [2.24, 2.45) is 11.7 Å². The third-order valence-electron chi connectivity index (χ3n) is 5.41. The first-order valence-electron chi connectivity index (χ1n) is 9.53. The molecule has 2 unspecified atom stereocenters. The molecule has 1 fully saturated rings. The number of carbonyl (C=O) groups is 2. The van der Waals surface area contributed by atoms with E-state index in [1.165, 1.54) is 6.07 Å². The Morgan fingerprint density at radius 2 is 1.61 bits per heavy atom. The fourth-order valence-electron chi connectivity index (χ4n) is 3.44. The first-order chi connectivity index (χ1) is 13.4. The fraction of sp³-hybridized carbons (Fsp3) is 0.364.